The van der Waals surface area contributed by atoms with Gasteiger partial charge in [0.1, 0.15) is 12.0 Å². The van der Waals surface area contributed by atoms with Crippen LogP contribution in [0.2, 0.25) is 0 Å². The monoisotopic (exact) mass is 359 g/mol. The van der Waals surface area contributed by atoms with Gasteiger partial charge in [-0.2, -0.15) is 0 Å². The molecule has 1 aliphatic heterocycles. The van der Waals surface area contributed by atoms with E-state index in [0.29, 0.717) is 11.8 Å². The molecule has 3 rings (SSSR count). The van der Waals surface area contributed by atoms with Crippen LogP contribution in [0.3, 0.4) is 0 Å². The van der Waals surface area contributed by atoms with Gasteiger partial charge in [0.25, 0.3) is 0 Å². The molecule has 25 heavy (non-hydrogen) atoms. The van der Waals surface area contributed by atoms with Gasteiger partial charge in [0, 0.05) is 23.4 Å². The second kappa shape index (κ2) is 6.14. The van der Waals surface area contributed by atoms with Crippen LogP contribution in [-0.2, 0) is 14.6 Å². The summed E-state index contributed by atoms with van der Waals surface area (Å²) < 4.78 is 29.7. The van der Waals surface area contributed by atoms with Crippen molar-refractivity contribution < 1.29 is 22.9 Å². The third-order valence-corrected chi connectivity index (χ3v) is 4.98. The van der Waals surface area contributed by atoms with Crippen LogP contribution in [0.5, 0.6) is 5.75 Å². The quantitative estimate of drug-likeness (QED) is 0.472. The molecule has 0 fully saturated rings. The number of sulfone groups is 1. The lowest BCUT2D eigenvalue weighted by atomic mass is 9.94. The van der Waals surface area contributed by atoms with Crippen molar-refractivity contribution in [2.75, 3.05) is 6.26 Å². The Bertz CT molecular complexity index is 1010. The third-order valence-electron chi connectivity index (χ3n) is 3.82. The van der Waals surface area contributed by atoms with E-state index in [1.807, 2.05) is 0 Å². The Hall–Kier alpha value is -3.00. The van der Waals surface area contributed by atoms with Crippen LogP contribution in [-0.4, -0.2) is 25.9 Å². The highest BCUT2D eigenvalue weighted by molar-refractivity contribution is 7.90. The van der Waals surface area contributed by atoms with Crippen LogP contribution < -0.4 is 4.74 Å². The van der Waals surface area contributed by atoms with E-state index in [0.717, 1.165) is 6.26 Å². The van der Waals surface area contributed by atoms with Gasteiger partial charge >= 0.3 is 5.69 Å². The van der Waals surface area contributed by atoms with Crippen LogP contribution >= 0.6 is 0 Å². The zero-order valence-corrected chi connectivity index (χ0v) is 13.9. The largest absolute Gasteiger partial charge is 0.449 e. The number of para-hydroxylation sites is 1. The number of nitro groups is 1. The minimum absolute atomic E-state index is 0.0212. The minimum atomic E-state index is -3.55. The lowest BCUT2D eigenvalue weighted by molar-refractivity contribution is -0.385. The van der Waals surface area contributed by atoms with Crippen LogP contribution in [0.15, 0.2) is 53.4 Å². The predicted molar refractivity (Wildman–Crippen MR) is 90.1 cm³/mol. The molecular formula is C17H13NO6S. The normalized spacial score (nSPS) is 16.4. The smallest absolute Gasteiger partial charge is 0.311 e. The average Bonchev–Trinajstić information content (AvgIpc) is 2.59. The second-order valence-corrected chi connectivity index (χ2v) is 7.50. The first-order valence-electron chi connectivity index (χ1n) is 7.24. The molecule has 0 bridgehead atoms. The first-order valence-corrected chi connectivity index (χ1v) is 9.14. The Morgan fingerprint density at radius 1 is 1.16 bits per heavy atom. The number of ether oxygens (including phenoxy) is 1. The zero-order valence-electron chi connectivity index (χ0n) is 13.1. The van der Waals surface area contributed by atoms with E-state index in [9.17, 15) is 23.3 Å². The highest BCUT2D eigenvalue weighted by Crippen LogP contribution is 2.43. The predicted octanol–water partition coefficient (Wildman–Crippen LogP) is 2.71. The fraction of sp³-hybridized carbons (Fsp3) is 0.118. The van der Waals surface area contributed by atoms with Crippen molar-refractivity contribution in [2.24, 2.45) is 0 Å². The van der Waals surface area contributed by atoms with E-state index in [1.165, 1.54) is 30.3 Å². The van der Waals surface area contributed by atoms with Crippen molar-refractivity contribution in [1.29, 1.82) is 0 Å². The number of carbonyl (C=O) groups excluding carboxylic acids is 1. The molecule has 0 amide bonds. The van der Waals surface area contributed by atoms with Crippen LogP contribution in [0.1, 0.15) is 17.0 Å². The van der Waals surface area contributed by atoms with E-state index in [1.54, 1.807) is 18.2 Å². The third kappa shape index (κ3) is 3.03. The molecule has 0 N–H and O–H groups in total. The van der Waals surface area contributed by atoms with Gasteiger partial charge in [-0.15, -0.1) is 0 Å². The van der Waals surface area contributed by atoms with Crippen molar-refractivity contribution in [3.8, 4) is 5.75 Å². The molecule has 1 heterocycles. The van der Waals surface area contributed by atoms with Crippen molar-refractivity contribution in [2.45, 2.75) is 10.8 Å². The number of rotatable bonds is 4. The number of fused-ring (bicyclic) bond motifs is 1. The standard InChI is InChI=1S/C17H13NO6S/c1-25(22,23)16-8-3-2-5-13(16)15-9-11(10-19)12-6-4-7-14(18(20)21)17(12)24-15/h2-11H,1H3. The van der Waals surface area contributed by atoms with Gasteiger partial charge in [0.15, 0.2) is 9.84 Å². The minimum Gasteiger partial charge on any atom is -0.449 e. The Balaban J connectivity index is 2.21. The SMILES string of the molecule is CS(=O)(=O)c1ccccc1C1=CC(C=O)c2cccc([N+](=O)[O-])c2O1. The van der Waals surface area contributed by atoms with Crippen molar-refractivity contribution >= 4 is 27.6 Å². The number of allylic oxidation sites excluding steroid dienone is 1. The molecule has 0 saturated heterocycles. The Morgan fingerprint density at radius 2 is 1.88 bits per heavy atom. The van der Waals surface area contributed by atoms with Gasteiger partial charge in [-0.25, -0.2) is 8.42 Å². The molecule has 7 nitrogen and oxygen atoms in total. The number of carbonyl (C=O) groups is 1. The number of nitro benzene ring substituents is 1. The molecule has 0 aromatic heterocycles. The van der Waals surface area contributed by atoms with Gasteiger partial charge in [0.2, 0.25) is 5.75 Å². The molecule has 0 spiro atoms. The fourth-order valence-electron chi connectivity index (χ4n) is 2.71. The molecule has 1 atom stereocenters. The highest BCUT2D eigenvalue weighted by atomic mass is 32.2. The molecule has 8 heteroatoms. The Morgan fingerprint density at radius 3 is 2.52 bits per heavy atom. The first-order chi connectivity index (χ1) is 11.8. The number of hydrogen-bond donors (Lipinski definition) is 0. The van der Waals surface area contributed by atoms with Crippen LogP contribution in [0, 0.1) is 10.1 Å². The van der Waals surface area contributed by atoms with E-state index in [4.69, 9.17) is 4.74 Å². The lowest BCUT2D eigenvalue weighted by Crippen LogP contribution is -2.13. The lowest BCUT2D eigenvalue weighted by Gasteiger charge is -2.22. The molecular weight excluding hydrogens is 346 g/mol. The summed E-state index contributed by atoms with van der Waals surface area (Å²) in [6, 6.07) is 10.4. The molecule has 1 aliphatic rings. The summed E-state index contributed by atoms with van der Waals surface area (Å²) in [5.41, 5.74) is 0.331. The van der Waals surface area contributed by atoms with E-state index in [2.05, 4.69) is 0 Å². The van der Waals surface area contributed by atoms with Gasteiger partial charge in [-0.3, -0.25) is 10.1 Å². The average molecular weight is 359 g/mol. The fourth-order valence-corrected chi connectivity index (χ4v) is 3.60. The molecule has 128 valence electrons. The summed E-state index contributed by atoms with van der Waals surface area (Å²) in [6.07, 6.45) is 3.15. The molecule has 0 saturated carbocycles. The number of hydrogen-bond acceptors (Lipinski definition) is 6. The van der Waals surface area contributed by atoms with Crippen molar-refractivity contribution in [3.63, 3.8) is 0 Å². The van der Waals surface area contributed by atoms with E-state index >= 15 is 0 Å². The van der Waals surface area contributed by atoms with Crippen LogP contribution in [0.25, 0.3) is 5.76 Å². The van der Waals surface area contributed by atoms with Gasteiger partial charge in [0.05, 0.1) is 15.7 Å². The Kier molecular flexibility index (Phi) is 4.13. The van der Waals surface area contributed by atoms with Crippen LogP contribution in [0.4, 0.5) is 5.69 Å². The van der Waals surface area contributed by atoms with E-state index in [-0.39, 0.29) is 27.7 Å². The number of benzene rings is 2. The maximum absolute atomic E-state index is 12.0. The summed E-state index contributed by atoms with van der Waals surface area (Å²) in [7, 11) is -3.55. The maximum atomic E-state index is 12.0. The molecule has 2 aromatic carbocycles. The van der Waals surface area contributed by atoms with Gasteiger partial charge < -0.3 is 9.53 Å². The molecule has 0 aliphatic carbocycles. The zero-order chi connectivity index (χ0) is 18.2. The number of aldehydes is 1. The van der Waals surface area contributed by atoms with Gasteiger partial charge in [-0.05, 0) is 18.2 Å². The van der Waals surface area contributed by atoms with Crippen molar-refractivity contribution in [1.82, 2.24) is 0 Å². The topological polar surface area (TPSA) is 104 Å². The second-order valence-electron chi connectivity index (χ2n) is 5.52. The van der Waals surface area contributed by atoms with Gasteiger partial charge in [-0.1, -0.05) is 24.3 Å². The summed E-state index contributed by atoms with van der Waals surface area (Å²) in [5, 5.41) is 11.3. The number of nitrogens with zero attached hydrogens (tertiary/aromatic N) is 1. The highest BCUT2D eigenvalue weighted by Gasteiger charge is 2.30. The summed E-state index contributed by atoms with van der Waals surface area (Å²) in [4.78, 5) is 22.1. The maximum Gasteiger partial charge on any atom is 0.311 e. The molecule has 1 unspecified atom stereocenters. The summed E-state index contributed by atoms with van der Waals surface area (Å²) in [6.45, 7) is 0. The Labute approximate surface area is 143 Å². The van der Waals surface area contributed by atoms with Crippen molar-refractivity contribution in [3.05, 3.63) is 69.8 Å². The van der Waals surface area contributed by atoms with E-state index < -0.39 is 20.7 Å². The summed E-state index contributed by atoms with van der Waals surface area (Å²) in [5.74, 6) is -0.725. The first kappa shape index (κ1) is 16.8. The molecule has 2 aromatic rings. The summed E-state index contributed by atoms with van der Waals surface area (Å²) >= 11 is 0. The molecule has 0 radical (unpaired) electrons.